The van der Waals surface area contributed by atoms with Crippen LogP contribution in [0.1, 0.15) is 53.9 Å². The summed E-state index contributed by atoms with van der Waals surface area (Å²) in [6.07, 6.45) is 4.18. The summed E-state index contributed by atoms with van der Waals surface area (Å²) in [6.45, 7) is 1.17. The minimum Gasteiger partial charge on any atom is -0.496 e. The Morgan fingerprint density at radius 1 is 1.06 bits per heavy atom. The van der Waals surface area contributed by atoms with E-state index in [-0.39, 0.29) is 35.0 Å². The lowest BCUT2D eigenvalue weighted by molar-refractivity contribution is -0.141. The molecule has 2 aromatic carbocycles. The van der Waals surface area contributed by atoms with E-state index in [9.17, 15) is 19.5 Å². The molecule has 0 spiro atoms. The number of benzene rings is 2. The maximum absolute atomic E-state index is 13.6. The highest BCUT2D eigenvalue weighted by Gasteiger charge is 2.44. The fourth-order valence-corrected chi connectivity index (χ4v) is 5.45. The van der Waals surface area contributed by atoms with Gasteiger partial charge in [0.25, 0.3) is 0 Å². The van der Waals surface area contributed by atoms with Crippen molar-refractivity contribution in [2.45, 2.75) is 44.1 Å². The van der Waals surface area contributed by atoms with Crippen molar-refractivity contribution in [1.29, 1.82) is 0 Å². The predicted molar refractivity (Wildman–Crippen MR) is 132 cm³/mol. The van der Waals surface area contributed by atoms with E-state index in [0.717, 1.165) is 31.2 Å². The van der Waals surface area contributed by atoms with Crippen molar-refractivity contribution >= 4 is 23.5 Å². The molecular weight excluding hydrogens is 446 g/mol. The molecule has 4 rings (SSSR count). The number of nitrogens with one attached hydrogen (secondary N) is 1. The fourth-order valence-electron chi connectivity index (χ4n) is 5.45. The normalized spacial score (nSPS) is 24.1. The van der Waals surface area contributed by atoms with Crippen molar-refractivity contribution in [3.8, 4) is 5.75 Å². The number of ether oxygens (including phenoxy) is 1. The molecule has 8 nitrogen and oxygen atoms in total. The van der Waals surface area contributed by atoms with Crippen LogP contribution in [0.15, 0.2) is 48.5 Å². The van der Waals surface area contributed by atoms with Crippen LogP contribution in [0.2, 0.25) is 0 Å². The first-order valence-electron chi connectivity index (χ1n) is 12.2. The third-order valence-electron chi connectivity index (χ3n) is 7.41. The number of likely N-dealkylation sites (tertiary alicyclic amines) is 1. The number of aromatic carboxylic acids is 1. The maximum atomic E-state index is 13.6. The molecule has 2 unspecified atom stereocenters. The number of hydrogen-bond acceptors (Lipinski definition) is 5. The van der Waals surface area contributed by atoms with Crippen molar-refractivity contribution in [3.05, 3.63) is 59.7 Å². The number of anilines is 1. The topological polar surface area (TPSA) is 122 Å². The fraction of sp³-hybridized carbons (Fsp3) is 0.444. The van der Waals surface area contributed by atoms with E-state index in [1.54, 1.807) is 4.90 Å². The van der Waals surface area contributed by atoms with E-state index in [4.69, 9.17) is 10.5 Å². The first-order chi connectivity index (χ1) is 16.9. The van der Waals surface area contributed by atoms with E-state index in [0.29, 0.717) is 31.1 Å². The lowest BCUT2D eigenvalue weighted by atomic mass is 9.81. The zero-order chi connectivity index (χ0) is 24.9. The van der Waals surface area contributed by atoms with Crippen LogP contribution in [0, 0.1) is 11.8 Å². The van der Waals surface area contributed by atoms with Crippen LogP contribution in [0.5, 0.6) is 5.75 Å². The SMILES string of the molecule is COc1cc(NC(=O)C2C(c3ccccc3)CCN2C(=O)[C@H]2CC[C@H](CN)CC2)ccc1C(=O)O. The highest BCUT2D eigenvalue weighted by atomic mass is 16.5. The second kappa shape index (κ2) is 10.9. The van der Waals surface area contributed by atoms with Crippen molar-refractivity contribution in [3.63, 3.8) is 0 Å². The Labute approximate surface area is 205 Å². The monoisotopic (exact) mass is 479 g/mol. The minimum atomic E-state index is -1.11. The average Bonchev–Trinajstić information content (AvgIpc) is 3.34. The van der Waals surface area contributed by atoms with Gasteiger partial charge in [-0.05, 0) is 62.3 Å². The smallest absolute Gasteiger partial charge is 0.339 e. The third kappa shape index (κ3) is 5.32. The molecule has 2 aromatic rings. The number of methoxy groups -OCH3 is 1. The molecule has 1 saturated carbocycles. The second-order valence-electron chi connectivity index (χ2n) is 9.45. The van der Waals surface area contributed by atoms with Crippen LogP contribution in [-0.4, -0.2) is 54.0 Å². The van der Waals surface area contributed by atoms with Crippen LogP contribution in [0.3, 0.4) is 0 Å². The zero-order valence-electron chi connectivity index (χ0n) is 20.0. The zero-order valence-corrected chi connectivity index (χ0v) is 20.0. The first-order valence-corrected chi connectivity index (χ1v) is 12.2. The summed E-state index contributed by atoms with van der Waals surface area (Å²) < 4.78 is 5.20. The Kier molecular flexibility index (Phi) is 7.70. The summed E-state index contributed by atoms with van der Waals surface area (Å²) in [5, 5.41) is 12.2. The van der Waals surface area contributed by atoms with Gasteiger partial charge in [0.05, 0.1) is 7.11 Å². The van der Waals surface area contributed by atoms with Gasteiger partial charge in [0, 0.05) is 30.1 Å². The highest BCUT2D eigenvalue weighted by molar-refractivity contribution is 5.99. The molecule has 1 aliphatic heterocycles. The molecule has 0 aromatic heterocycles. The molecule has 2 amide bonds. The molecule has 2 atom stereocenters. The maximum Gasteiger partial charge on any atom is 0.339 e. The van der Waals surface area contributed by atoms with Gasteiger partial charge in [-0.2, -0.15) is 0 Å². The molecular formula is C27H33N3O5. The molecule has 1 heterocycles. The molecule has 0 radical (unpaired) electrons. The van der Waals surface area contributed by atoms with Gasteiger partial charge in [-0.3, -0.25) is 9.59 Å². The summed E-state index contributed by atoms with van der Waals surface area (Å²) >= 11 is 0. The molecule has 186 valence electrons. The van der Waals surface area contributed by atoms with Gasteiger partial charge >= 0.3 is 5.97 Å². The minimum absolute atomic E-state index is 0.0124. The average molecular weight is 480 g/mol. The summed E-state index contributed by atoms with van der Waals surface area (Å²) in [4.78, 5) is 40.4. The number of carbonyl (C=O) groups is 3. The number of carboxylic acid groups (broad SMARTS) is 1. The largest absolute Gasteiger partial charge is 0.496 e. The van der Waals surface area contributed by atoms with Gasteiger partial charge in [-0.25, -0.2) is 4.79 Å². The Hall–Kier alpha value is -3.39. The van der Waals surface area contributed by atoms with Crippen LogP contribution in [0.4, 0.5) is 5.69 Å². The van der Waals surface area contributed by atoms with Gasteiger partial charge in [-0.1, -0.05) is 30.3 Å². The Balaban J connectivity index is 1.58. The third-order valence-corrected chi connectivity index (χ3v) is 7.41. The van der Waals surface area contributed by atoms with Crippen molar-refractivity contribution < 1.29 is 24.2 Å². The standard InChI is InChI=1S/C27H33N3O5/c1-35-23-15-20(11-12-22(23)27(33)34)29-25(31)24-21(18-5-3-2-4-6-18)13-14-30(24)26(32)19-9-7-17(16-28)8-10-19/h2-6,11-12,15,17,19,21,24H,7-10,13-14,16,28H2,1H3,(H,29,31)(H,33,34)/t17-,19-,21?,24?. The number of carbonyl (C=O) groups excluding carboxylic acids is 2. The van der Waals surface area contributed by atoms with Gasteiger partial charge in [0.2, 0.25) is 11.8 Å². The van der Waals surface area contributed by atoms with Crippen molar-refractivity contribution in [2.75, 3.05) is 25.5 Å². The highest BCUT2D eigenvalue weighted by Crippen LogP contribution is 2.38. The Bertz CT molecular complexity index is 1070. The van der Waals surface area contributed by atoms with E-state index < -0.39 is 12.0 Å². The van der Waals surface area contributed by atoms with Crippen LogP contribution >= 0.6 is 0 Å². The van der Waals surface area contributed by atoms with Gasteiger partial charge < -0.3 is 25.8 Å². The van der Waals surface area contributed by atoms with Gasteiger partial charge in [0.15, 0.2) is 0 Å². The van der Waals surface area contributed by atoms with E-state index in [2.05, 4.69) is 5.32 Å². The van der Waals surface area contributed by atoms with Crippen molar-refractivity contribution in [2.24, 2.45) is 17.6 Å². The molecule has 2 aliphatic rings. The molecule has 1 aliphatic carbocycles. The van der Waals surface area contributed by atoms with Gasteiger partial charge in [-0.15, -0.1) is 0 Å². The van der Waals surface area contributed by atoms with E-state index in [1.165, 1.54) is 25.3 Å². The predicted octanol–water partition coefficient (Wildman–Crippen LogP) is 3.48. The Morgan fingerprint density at radius 3 is 2.40 bits per heavy atom. The molecule has 35 heavy (non-hydrogen) atoms. The molecule has 1 saturated heterocycles. The number of nitrogens with two attached hydrogens (primary N) is 1. The summed E-state index contributed by atoms with van der Waals surface area (Å²) in [7, 11) is 1.38. The summed E-state index contributed by atoms with van der Waals surface area (Å²) in [5.74, 6) is -0.939. The van der Waals surface area contributed by atoms with E-state index in [1.807, 2.05) is 30.3 Å². The first kappa shape index (κ1) is 24.7. The second-order valence-corrected chi connectivity index (χ2v) is 9.45. The molecule has 0 bridgehead atoms. The lowest BCUT2D eigenvalue weighted by Crippen LogP contribution is -2.48. The number of amides is 2. The van der Waals surface area contributed by atoms with Crippen LogP contribution in [0.25, 0.3) is 0 Å². The molecule has 4 N–H and O–H groups in total. The molecule has 8 heteroatoms. The summed E-state index contributed by atoms with van der Waals surface area (Å²) in [5.41, 5.74) is 7.28. The Morgan fingerprint density at radius 2 is 1.77 bits per heavy atom. The summed E-state index contributed by atoms with van der Waals surface area (Å²) in [6, 6.07) is 13.6. The van der Waals surface area contributed by atoms with Crippen molar-refractivity contribution in [1.82, 2.24) is 4.90 Å². The molecule has 2 fully saturated rings. The quantitative estimate of drug-likeness (QED) is 0.559. The van der Waals surface area contributed by atoms with E-state index >= 15 is 0 Å². The van der Waals surface area contributed by atoms with Crippen LogP contribution in [-0.2, 0) is 9.59 Å². The number of rotatable bonds is 7. The number of carboxylic acids is 1. The van der Waals surface area contributed by atoms with Crippen LogP contribution < -0.4 is 15.8 Å². The van der Waals surface area contributed by atoms with Gasteiger partial charge in [0.1, 0.15) is 17.4 Å². The number of nitrogens with zero attached hydrogens (tertiary/aromatic N) is 1. The number of hydrogen-bond donors (Lipinski definition) is 3. The lowest BCUT2D eigenvalue weighted by Gasteiger charge is -2.33.